The lowest BCUT2D eigenvalue weighted by Gasteiger charge is -1.96. The van der Waals surface area contributed by atoms with Gasteiger partial charge in [-0.15, -0.1) is 0 Å². The van der Waals surface area contributed by atoms with Crippen LogP contribution < -0.4 is 0 Å². The largest absolute Gasteiger partial charge is 0.274 e. The normalized spacial score (nSPS) is 10.3. The molecule has 0 saturated carbocycles. The van der Waals surface area contributed by atoms with Crippen LogP contribution in [-0.2, 0) is 0 Å². The Morgan fingerprint density at radius 1 is 1.54 bits per heavy atom. The number of pyridine rings is 1. The Bertz CT molecular complexity index is 427. The average molecular weight is 241 g/mol. The Hall–Kier alpha value is -1.23. The van der Waals surface area contributed by atoms with E-state index in [2.05, 4.69) is 37.3 Å². The fraction of sp³-hybridized carbons (Fsp3) is 0. The van der Waals surface area contributed by atoms with Gasteiger partial charge in [-0.1, -0.05) is 0 Å². The molecule has 0 saturated heterocycles. The van der Waals surface area contributed by atoms with Crippen molar-refractivity contribution in [3.05, 3.63) is 34.9 Å². The smallest absolute Gasteiger partial charge is 0.149 e. The Morgan fingerprint density at radius 3 is 3.00 bits per heavy atom. The Kier molecular flexibility index (Phi) is 2.10. The van der Waals surface area contributed by atoms with Crippen molar-refractivity contribution in [2.24, 2.45) is 0 Å². The van der Waals surface area contributed by atoms with Gasteiger partial charge in [-0.3, -0.25) is 10.1 Å². The van der Waals surface area contributed by atoms with Crippen molar-refractivity contribution in [2.75, 3.05) is 0 Å². The first kappa shape index (κ1) is 8.37. The van der Waals surface area contributed by atoms with Crippen LogP contribution in [0, 0.1) is 12.0 Å². The number of halogens is 2. The molecule has 0 aliphatic heterocycles. The van der Waals surface area contributed by atoms with Crippen molar-refractivity contribution in [3.8, 4) is 11.3 Å². The van der Waals surface area contributed by atoms with Gasteiger partial charge < -0.3 is 0 Å². The second-order valence-electron chi connectivity index (χ2n) is 2.35. The summed E-state index contributed by atoms with van der Waals surface area (Å²) in [6.07, 6.45) is 4.20. The third kappa shape index (κ3) is 1.47. The van der Waals surface area contributed by atoms with Crippen molar-refractivity contribution in [1.29, 1.82) is 0 Å². The number of H-pyrrole nitrogens is 1. The number of aromatic nitrogens is 3. The number of hydrogen-bond acceptors (Lipinski definition) is 2. The molecule has 5 heteroatoms. The second kappa shape index (κ2) is 3.26. The first-order chi connectivity index (χ1) is 6.29. The summed E-state index contributed by atoms with van der Waals surface area (Å²) in [4.78, 5) is 3.89. The van der Waals surface area contributed by atoms with Gasteiger partial charge in [0.2, 0.25) is 0 Å². The second-order valence-corrected chi connectivity index (χ2v) is 3.10. The molecule has 2 rings (SSSR count). The third-order valence-electron chi connectivity index (χ3n) is 1.54. The molecule has 0 aliphatic rings. The van der Waals surface area contributed by atoms with Gasteiger partial charge in [0.05, 0.1) is 11.8 Å². The Morgan fingerprint density at radius 2 is 2.38 bits per heavy atom. The highest BCUT2D eigenvalue weighted by atomic mass is 79.9. The molecule has 0 atom stereocenters. The van der Waals surface area contributed by atoms with Gasteiger partial charge >= 0.3 is 0 Å². The van der Waals surface area contributed by atoms with Crippen LogP contribution in [0.15, 0.2) is 22.9 Å². The minimum atomic E-state index is -0.388. The molecule has 0 unspecified atom stereocenters. The zero-order valence-corrected chi connectivity index (χ0v) is 7.97. The lowest BCUT2D eigenvalue weighted by atomic mass is 10.2. The number of rotatable bonds is 1. The van der Waals surface area contributed by atoms with Crippen molar-refractivity contribution < 1.29 is 4.39 Å². The monoisotopic (exact) mass is 240 g/mol. The molecule has 65 valence electrons. The minimum absolute atomic E-state index is 0.239. The molecule has 0 aromatic carbocycles. The maximum atomic E-state index is 13.2. The average Bonchev–Trinajstić information content (AvgIpc) is 2.52. The van der Waals surface area contributed by atoms with Crippen LogP contribution in [0.2, 0.25) is 0 Å². The van der Waals surface area contributed by atoms with Gasteiger partial charge in [-0.05, 0) is 28.1 Å². The zero-order valence-electron chi connectivity index (χ0n) is 6.38. The van der Waals surface area contributed by atoms with E-state index >= 15 is 0 Å². The van der Waals surface area contributed by atoms with Gasteiger partial charge in [-0.25, -0.2) is 4.39 Å². The van der Waals surface area contributed by atoms with E-state index in [1.165, 1.54) is 18.3 Å². The third-order valence-corrected chi connectivity index (χ3v) is 2.11. The molecule has 0 spiro atoms. The van der Waals surface area contributed by atoms with Gasteiger partial charge in [0.1, 0.15) is 16.1 Å². The number of aromatic amines is 1. The molecule has 0 aliphatic carbocycles. The SMILES string of the molecule is Fc1cccnc1-c1[c][nH]nc1Br. The minimum Gasteiger partial charge on any atom is -0.274 e. The van der Waals surface area contributed by atoms with E-state index in [0.29, 0.717) is 10.2 Å². The summed E-state index contributed by atoms with van der Waals surface area (Å²) in [7, 11) is 0. The predicted molar refractivity (Wildman–Crippen MR) is 48.3 cm³/mol. The standard InChI is InChI=1S/C8H4BrFN3/c9-8-5(4-12-13-8)7-6(10)2-1-3-11-7/h1-3H,(H,12,13). The summed E-state index contributed by atoms with van der Waals surface area (Å²) < 4.78 is 13.7. The van der Waals surface area contributed by atoms with Crippen LogP contribution in [0.4, 0.5) is 4.39 Å². The quantitative estimate of drug-likeness (QED) is 0.831. The van der Waals surface area contributed by atoms with Crippen LogP contribution in [0.3, 0.4) is 0 Å². The number of nitrogens with zero attached hydrogens (tertiary/aromatic N) is 2. The van der Waals surface area contributed by atoms with Gasteiger partial charge in [0.15, 0.2) is 0 Å². The van der Waals surface area contributed by atoms with E-state index in [-0.39, 0.29) is 11.5 Å². The Balaban J connectivity index is 2.59. The number of hydrogen-bond donors (Lipinski definition) is 1. The summed E-state index contributed by atoms with van der Waals surface area (Å²) in [6, 6.07) is 2.88. The van der Waals surface area contributed by atoms with Gasteiger partial charge in [-0.2, -0.15) is 5.10 Å². The summed E-state index contributed by atoms with van der Waals surface area (Å²) in [5, 5.41) is 6.26. The molecular weight excluding hydrogens is 237 g/mol. The molecule has 2 heterocycles. The molecule has 0 amide bonds. The van der Waals surface area contributed by atoms with E-state index in [0.717, 1.165) is 0 Å². The van der Waals surface area contributed by atoms with Crippen molar-refractivity contribution in [3.63, 3.8) is 0 Å². The van der Waals surface area contributed by atoms with E-state index in [9.17, 15) is 4.39 Å². The molecule has 2 aromatic heterocycles. The topological polar surface area (TPSA) is 41.6 Å². The summed E-state index contributed by atoms with van der Waals surface area (Å²) in [5.41, 5.74) is 0.737. The molecule has 0 fully saturated rings. The molecular formula is C8H4BrFN3. The van der Waals surface area contributed by atoms with E-state index < -0.39 is 0 Å². The van der Waals surface area contributed by atoms with Crippen LogP contribution in [0.1, 0.15) is 0 Å². The lowest BCUT2D eigenvalue weighted by molar-refractivity contribution is 0.625. The lowest BCUT2D eigenvalue weighted by Crippen LogP contribution is -1.86. The summed E-state index contributed by atoms with van der Waals surface area (Å²) in [6.45, 7) is 0. The fourth-order valence-electron chi connectivity index (χ4n) is 0.967. The van der Waals surface area contributed by atoms with Crippen LogP contribution >= 0.6 is 15.9 Å². The molecule has 3 nitrogen and oxygen atoms in total. The predicted octanol–water partition coefficient (Wildman–Crippen LogP) is 2.17. The first-order valence-corrected chi connectivity index (χ1v) is 4.31. The maximum absolute atomic E-state index is 13.2. The van der Waals surface area contributed by atoms with Crippen LogP contribution in [-0.4, -0.2) is 15.2 Å². The van der Waals surface area contributed by atoms with E-state index in [1.54, 1.807) is 0 Å². The molecule has 0 bridgehead atoms. The highest BCUT2D eigenvalue weighted by Gasteiger charge is 2.11. The van der Waals surface area contributed by atoms with Crippen molar-refractivity contribution in [1.82, 2.24) is 15.2 Å². The van der Waals surface area contributed by atoms with E-state index in [4.69, 9.17) is 0 Å². The molecule has 2 aromatic rings. The molecule has 1 radical (unpaired) electrons. The Labute approximate surface area is 82.1 Å². The van der Waals surface area contributed by atoms with Gasteiger partial charge in [0, 0.05) is 6.20 Å². The van der Waals surface area contributed by atoms with Crippen LogP contribution in [0.25, 0.3) is 11.3 Å². The van der Waals surface area contributed by atoms with Gasteiger partial charge in [0.25, 0.3) is 0 Å². The zero-order chi connectivity index (χ0) is 9.26. The summed E-state index contributed by atoms with van der Waals surface area (Å²) in [5.74, 6) is -0.388. The maximum Gasteiger partial charge on any atom is 0.149 e. The molecule has 13 heavy (non-hydrogen) atoms. The van der Waals surface area contributed by atoms with E-state index in [1.807, 2.05) is 0 Å². The van der Waals surface area contributed by atoms with Crippen molar-refractivity contribution >= 4 is 15.9 Å². The highest BCUT2D eigenvalue weighted by molar-refractivity contribution is 9.10. The van der Waals surface area contributed by atoms with Crippen molar-refractivity contribution in [2.45, 2.75) is 0 Å². The fourth-order valence-corrected chi connectivity index (χ4v) is 1.34. The highest BCUT2D eigenvalue weighted by Crippen LogP contribution is 2.25. The molecule has 1 N–H and O–H groups in total. The van der Waals surface area contributed by atoms with Crippen LogP contribution in [0.5, 0.6) is 0 Å². The number of nitrogens with one attached hydrogen (secondary N) is 1. The summed E-state index contributed by atoms with van der Waals surface area (Å²) >= 11 is 3.16. The first-order valence-electron chi connectivity index (χ1n) is 3.51.